The summed E-state index contributed by atoms with van der Waals surface area (Å²) in [5.41, 5.74) is -1.33. The van der Waals surface area contributed by atoms with Crippen LogP contribution in [0.4, 0.5) is 0 Å². The zero-order chi connectivity index (χ0) is 69.3. The second-order valence-corrected chi connectivity index (χ2v) is 21.3. The van der Waals surface area contributed by atoms with Gasteiger partial charge in [0.2, 0.25) is 74.7 Å². The third kappa shape index (κ3) is 10.2. The van der Waals surface area contributed by atoms with Crippen molar-refractivity contribution in [3.05, 3.63) is 115 Å². The fourth-order valence-corrected chi connectivity index (χ4v) is 10.6. The first-order valence-electron chi connectivity index (χ1n) is 27.7. The van der Waals surface area contributed by atoms with Gasteiger partial charge in [-0.3, -0.25) is 0 Å². The number of hydrogen-bond acceptors (Lipinski definition) is 32. The molecule has 15 rings (SSSR count). The number of aromatic hydroxyl groups is 21. The lowest BCUT2D eigenvalue weighted by molar-refractivity contribution is 0.296. The van der Waals surface area contributed by atoms with E-state index in [1.807, 2.05) is 0 Å². The topological polar surface area (TPSA) is 530 Å². The normalized spacial score (nSPS) is 12.0. The Morgan fingerprint density at radius 3 is 0.776 bits per heavy atom. The molecule has 32 heteroatoms. The molecule has 32 nitrogen and oxygen atoms in total. The Hall–Kier alpha value is -15.0. The molecule has 496 valence electrons. The molecule has 12 aromatic rings. The van der Waals surface area contributed by atoms with Crippen LogP contribution >= 0.6 is 0 Å². The molecule has 3 aliphatic rings. The van der Waals surface area contributed by atoms with Crippen LogP contribution < -0.4 is 47.4 Å². The Morgan fingerprint density at radius 2 is 0.439 bits per heavy atom. The van der Waals surface area contributed by atoms with Crippen LogP contribution in [0.2, 0.25) is 0 Å². The molecular weight excluding hydrogens is 1300 g/mol. The third-order valence-electron chi connectivity index (χ3n) is 14.5. The largest absolute Gasteiger partial charge is 0.508 e. The van der Waals surface area contributed by atoms with Crippen molar-refractivity contribution in [1.29, 1.82) is 0 Å². The SMILES string of the molecule is Oc1cc(O)cc(Oc2c(O)cc(O)c3c2Oc2c(O)cc(O)c(-c4c(O)cc(O)c5c4Oc4c(O)cc(O)c(Oc6cc(O)cc(O)c6)c4O5)c2O3)c1.Oc1cc(O)cc(Oc2c(O)cc(O)c3c2Oc2c(O)cc4oc5c(Oc6cc(O)cc(O)c6)c(O)cc(O)c5c4c2O3)c1. The lowest BCUT2D eigenvalue weighted by Crippen LogP contribution is -2.06. The van der Waals surface area contributed by atoms with E-state index in [1.165, 1.54) is 0 Å². The molecule has 0 atom stereocenters. The van der Waals surface area contributed by atoms with Crippen molar-refractivity contribution < 1.29 is 159 Å². The maximum Gasteiger partial charge on any atom is 0.220 e. The zero-order valence-electron chi connectivity index (χ0n) is 48.4. The van der Waals surface area contributed by atoms with Gasteiger partial charge in [0.25, 0.3) is 0 Å². The van der Waals surface area contributed by atoms with Gasteiger partial charge in [0.1, 0.15) is 91.8 Å². The van der Waals surface area contributed by atoms with Crippen molar-refractivity contribution in [2.24, 2.45) is 0 Å². The van der Waals surface area contributed by atoms with Gasteiger partial charge < -0.3 is 159 Å². The summed E-state index contributed by atoms with van der Waals surface area (Å²) < 4.78 is 63.9. The van der Waals surface area contributed by atoms with Crippen LogP contribution in [0.5, 0.6) is 236 Å². The first-order valence-corrected chi connectivity index (χ1v) is 27.7. The lowest BCUT2D eigenvalue weighted by atomic mass is 9.98. The molecule has 11 aromatic carbocycles. The van der Waals surface area contributed by atoms with Gasteiger partial charge in [-0.15, -0.1) is 0 Å². The molecular formula is C66H40O32. The van der Waals surface area contributed by atoms with E-state index in [9.17, 15) is 107 Å². The highest BCUT2D eigenvalue weighted by Crippen LogP contribution is 2.69. The molecule has 4 heterocycles. The van der Waals surface area contributed by atoms with Crippen molar-refractivity contribution in [1.82, 2.24) is 0 Å². The fourth-order valence-electron chi connectivity index (χ4n) is 10.6. The summed E-state index contributed by atoms with van der Waals surface area (Å²) in [6.45, 7) is 0. The number of furan rings is 1. The molecule has 0 bridgehead atoms. The van der Waals surface area contributed by atoms with Gasteiger partial charge in [0, 0.05) is 115 Å². The summed E-state index contributed by atoms with van der Waals surface area (Å²) in [5.74, 6) is -20.3. The van der Waals surface area contributed by atoms with Gasteiger partial charge >= 0.3 is 0 Å². The van der Waals surface area contributed by atoms with Crippen LogP contribution in [-0.2, 0) is 0 Å². The predicted octanol–water partition coefficient (Wildman–Crippen LogP) is 13.6. The second-order valence-electron chi connectivity index (χ2n) is 21.3. The highest BCUT2D eigenvalue weighted by Gasteiger charge is 2.41. The molecule has 0 unspecified atom stereocenters. The number of rotatable bonds is 9. The molecule has 3 aliphatic heterocycles. The highest BCUT2D eigenvalue weighted by molar-refractivity contribution is 6.15. The van der Waals surface area contributed by atoms with Gasteiger partial charge in [-0.2, -0.15) is 0 Å². The number of hydrogen-bond donors (Lipinski definition) is 21. The monoisotopic (exact) mass is 1340 g/mol. The van der Waals surface area contributed by atoms with Gasteiger partial charge in [-0.1, -0.05) is 0 Å². The smallest absolute Gasteiger partial charge is 0.220 e. The molecule has 0 saturated heterocycles. The summed E-state index contributed by atoms with van der Waals surface area (Å²) in [5, 5.41) is 220. The van der Waals surface area contributed by atoms with Crippen molar-refractivity contribution in [2.45, 2.75) is 0 Å². The van der Waals surface area contributed by atoms with Crippen LogP contribution in [-0.4, -0.2) is 107 Å². The molecule has 0 amide bonds. The Labute approximate surface area is 541 Å². The maximum absolute atomic E-state index is 11.2. The third-order valence-corrected chi connectivity index (χ3v) is 14.5. The van der Waals surface area contributed by atoms with Crippen molar-refractivity contribution in [2.75, 3.05) is 0 Å². The summed E-state index contributed by atoms with van der Waals surface area (Å²) in [7, 11) is 0. The molecule has 1 aromatic heterocycles. The molecule has 0 fully saturated rings. The number of fused-ring (bicyclic) bond motifs is 10. The van der Waals surface area contributed by atoms with E-state index in [2.05, 4.69) is 0 Å². The Bertz CT molecular complexity index is 5190. The highest BCUT2D eigenvalue weighted by atomic mass is 16.6. The molecule has 0 spiro atoms. The first kappa shape index (κ1) is 60.6. The minimum absolute atomic E-state index is 0.00686. The summed E-state index contributed by atoms with van der Waals surface area (Å²) in [4.78, 5) is 0. The number of phenolic OH excluding ortho intramolecular Hbond substituents is 21. The van der Waals surface area contributed by atoms with Crippen LogP contribution in [0.1, 0.15) is 0 Å². The first-order chi connectivity index (χ1) is 46.6. The van der Waals surface area contributed by atoms with Gasteiger partial charge in [0.15, 0.2) is 80.3 Å². The van der Waals surface area contributed by atoms with Gasteiger partial charge in [0.05, 0.1) is 21.9 Å². The molecule has 0 saturated carbocycles. The molecule has 21 N–H and O–H groups in total. The number of ether oxygens (including phenoxy) is 10. The van der Waals surface area contributed by atoms with E-state index >= 15 is 0 Å². The lowest BCUT2D eigenvalue weighted by Gasteiger charge is -2.29. The summed E-state index contributed by atoms with van der Waals surface area (Å²) >= 11 is 0. The van der Waals surface area contributed by atoms with Crippen molar-refractivity contribution in [3.8, 4) is 247 Å². The Kier molecular flexibility index (Phi) is 13.7. The van der Waals surface area contributed by atoms with E-state index in [1.54, 1.807) is 0 Å². The molecule has 98 heavy (non-hydrogen) atoms. The Balaban J connectivity index is 0.000000171. The summed E-state index contributed by atoms with van der Waals surface area (Å²) in [6, 6.07) is 19.0. The van der Waals surface area contributed by atoms with E-state index < -0.39 is 178 Å². The second kappa shape index (κ2) is 22.1. The van der Waals surface area contributed by atoms with Gasteiger partial charge in [-0.25, -0.2) is 0 Å². The van der Waals surface area contributed by atoms with Crippen molar-refractivity contribution in [3.63, 3.8) is 0 Å². The van der Waals surface area contributed by atoms with Crippen LogP contribution in [0.3, 0.4) is 0 Å². The van der Waals surface area contributed by atoms with E-state index in [4.69, 9.17) is 51.8 Å². The van der Waals surface area contributed by atoms with E-state index in [-0.39, 0.29) is 90.9 Å². The van der Waals surface area contributed by atoms with Crippen molar-refractivity contribution >= 4 is 21.9 Å². The molecule has 0 aliphatic carbocycles. The quantitative estimate of drug-likeness (QED) is 0.0638. The maximum atomic E-state index is 11.2. The van der Waals surface area contributed by atoms with E-state index in [0.717, 1.165) is 115 Å². The number of phenols is 21. The Morgan fingerprint density at radius 1 is 0.194 bits per heavy atom. The average molecular weight is 1350 g/mol. The van der Waals surface area contributed by atoms with Gasteiger partial charge in [-0.05, 0) is 0 Å². The van der Waals surface area contributed by atoms with E-state index in [0.29, 0.717) is 0 Å². The molecule has 0 radical (unpaired) electrons. The predicted molar refractivity (Wildman–Crippen MR) is 326 cm³/mol. The number of benzene rings is 11. The zero-order valence-corrected chi connectivity index (χ0v) is 48.4. The fraction of sp³-hybridized carbons (Fsp3) is 0. The minimum atomic E-state index is -0.802. The van der Waals surface area contributed by atoms with Crippen LogP contribution in [0, 0.1) is 0 Å². The standard InChI is InChI=1S/C36H22O18.C30H18O14/c37-11-1-12(38)4-15(3-11)49-29-21(45)9-23(47)31-35(29)53-27-19(43)7-17(41)25(33(27)51-31)26-18(42)8-20(44)28-34(26)52-32-24(48)10-22(46)30(36(32)54-28)50-16-5-13(39)2-14(40)6-16;31-10-1-11(32)4-14(3-10)40-24-17(36)7-16(35)22-23-21(42-28(22)24)9-20(39)25-29(23)43-27-19(38)8-18(37)26(30(27)44-25)41-15-5-12(33)2-13(34)6-15/h1-10,37-48H;1-9,31-39H. The minimum Gasteiger partial charge on any atom is -0.508 e. The van der Waals surface area contributed by atoms with Crippen LogP contribution in [0.15, 0.2) is 120 Å². The summed E-state index contributed by atoms with van der Waals surface area (Å²) in [6.07, 6.45) is 0. The average Bonchev–Trinajstić information content (AvgIpc) is 1.24. The van der Waals surface area contributed by atoms with Crippen LogP contribution in [0.25, 0.3) is 33.1 Å².